The third-order valence-electron chi connectivity index (χ3n) is 10.1. The van der Waals surface area contributed by atoms with E-state index in [0.717, 1.165) is 56.8 Å². The van der Waals surface area contributed by atoms with E-state index in [2.05, 4.69) is 173 Å². The number of hydrogen-bond donors (Lipinski definition) is 7. The summed E-state index contributed by atoms with van der Waals surface area (Å²) in [6, 6.07) is 0. The maximum absolute atomic E-state index is 9.35. The van der Waals surface area contributed by atoms with E-state index in [-0.39, 0.29) is 34.6 Å². The molecule has 4 atom stereocenters. The topological polar surface area (TPSA) is 142 Å². The maximum atomic E-state index is 9.35. The van der Waals surface area contributed by atoms with Gasteiger partial charge in [-0.3, -0.25) is 0 Å². The zero-order chi connectivity index (χ0) is 54.9. The van der Waals surface area contributed by atoms with Crippen LogP contribution in [-0.4, -0.2) is 79.5 Å². The molecule has 1 aliphatic rings. The number of aliphatic hydroxyl groups excluding tert-OH is 6. The van der Waals surface area contributed by atoms with E-state index in [1.165, 1.54) is 25.7 Å². The van der Waals surface area contributed by atoms with Crippen molar-refractivity contribution in [3.8, 4) is 0 Å². The molecule has 4 unspecified atom stereocenters. The van der Waals surface area contributed by atoms with Crippen molar-refractivity contribution in [3.63, 3.8) is 0 Å². The lowest BCUT2D eigenvalue weighted by atomic mass is 9.84. The third-order valence-corrected chi connectivity index (χ3v) is 10.1. The molecule has 7 heteroatoms. The number of rotatable bonds is 13. The Balaban J connectivity index is -0.000000121. The van der Waals surface area contributed by atoms with Crippen molar-refractivity contribution in [1.29, 1.82) is 0 Å². The van der Waals surface area contributed by atoms with Gasteiger partial charge >= 0.3 is 0 Å². The van der Waals surface area contributed by atoms with Gasteiger partial charge in [-0.1, -0.05) is 180 Å². The third kappa shape index (κ3) is 90.2. The average molecular weight is 954 g/mol. The Hall–Kier alpha value is -0.280. The van der Waals surface area contributed by atoms with Gasteiger partial charge in [-0.15, -0.1) is 0 Å². The molecule has 1 saturated carbocycles. The summed E-state index contributed by atoms with van der Waals surface area (Å²) >= 11 is 0. The molecule has 0 radical (unpaired) electrons. The molecule has 1 aliphatic carbocycles. The highest BCUT2D eigenvalue weighted by molar-refractivity contribution is 4.92. The Morgan fingerprint density at radius 3 is 0.894 bits per heavy atom. The van der Waals surface area contributed by atoms with E-state index in [9.17, 15) is 10.2 Å². The van der Waals surface area contributed by atoms with Gasteiger partial charge in [0.2, 0.25) is 0 Å². The minimum Gasteiger partial charge on any atom is -0.396 e. The van der Waals surface area contributed by atoms with Gasteiger partial charge < -0.3 is 35.7 Å². The smallest absolute Gasteiger partial charge is 0.0596 e. The van der Waals surface area contributed by atoms with Crippen LogP contribution in [0.3, 0.4) is 0 Å². The quantitative estimate of drug-likeness (QED) is 0.0975. The fourth-order valence-electron chi connectivity index (χ4n) is 7.23. The minimum atomic E-state index is -0.516. The van der Waals surface area contributed by atoms with Gasteiger partial charge in [0, 0.05) is 19.8 Å². The van der Waals surface area contributed by atoms with E-state index >= 15 is 0 Å². The highest BCUT2D eigenvalue weighted by Gasteiger charge is 2.41. The van der Waals surface area contributed by atoms with Crippen molar-refractivity contribution in [2.24, 2.45) is 61.6 Å². The molecule has 0 amide bonds. The first kappa shape index (κ1) is 79.8. The first-order valence-corrected chi connectivity index (χ1v) is 26.4. The molecule has 0 aliphatic heterocycles. The minimum absolute atomic E-state index is 0.106. The maximum Gasteiger partial charge on any atom is 0.0596 e. The lowest BCUT2D eigenvalue weighted by Crippen LogP contribution is -2.25. The van der Waals surface area contributed by atoms with Gasteiger partial charge in [0.05, 0.1) is 23.9 Å². The van der Waals surface area contributed by atoms with Crippen molar-refractivity contribution in [3.05, 3.63) is 0 Å². The monoisotopic (exact) mass is 953 g/mol. The number of aliphatic hydroxyl groups is 7. The second-order valence-electron chi connectivity index (χ2n) is 29.2. The summed E-state index contributed by atoms with van der Waals surface area (Å²) in [5.74, 6) is 2.61. The first-order chi connectivity index (χ1) is 28.9. The van der Waals surface area contributed by atoms with Crippen molar-refractivity contribution in [1.82, 2.24) is 0 Å². The molecule has 0 saturated heterocycles. The van der Waals surface area contributed by atoms with Gasteiger partial charge in [-0.05, 0) is 160 Å². The van der Waals surface area contributed by atoms with E-state index in [0.29, 0.717) is 53.3 Å². The Morgan fingerprint density at radius 1 is 0.470 bits per heavy atom. The zero-order valence-electron chi connectivity index (χ0n) is 51.1. The van der Waals surface area contributed by atoms with E-state index in [4.69, 9.17) is 25.5 Å². The van der Waals surface area contributed by atoms with Crippen LogP contribution in [-0.2, 0) is 0 Å². The molecule has 66 heavy (non-hydrogen) atoms. The Morgan fingerprint density at radius 2 is 0.848 bits per heavy atom. The number of hydrogen-bond acceptors (Lipinski definition) is 7. The second kappa shape index (κ2) is 38.4. The van der Waals surface area contributed by atoms with Crippen LogP contribution in [0.5, 0.6) is 0 Å². The summed E-state index contributed by atoms with van der Waals surface area (Å²) in [5, 5.41) is 62.2. The van der Waals surface area contributed by atoms with Crippen molar-refractivity contribution < 1.29 is 35.7 Å². The Kier molecular flexibility index (Phi) is 46.5. The largest absolute Gasteiger partial charge is 0.396 e. The standard InChI is InChI=1S/C8H16O.2C8H18O.C8H18.3C7H16O.C6H14O/c1-7(2)5-8(6-9)3-4-8;1-7(2,3)6-8(4,5)9;1-5-7(9)6-8(2,3)4;1-7(2)6-8(3,4)5;1-6(8)5-7(2,3)4;1-7(2,3)5-4-6-8;1-5(2)6(3)7(4)8;1-6(2,3)4-5-7/h7,9H,3-6H2,1-2H3;9H,6H2,1-5H3;7,9H,5-6H2,1-4H3;7H,6H2,1-5H3;6,8H,5H2,1-4H3;8H,4-6H2,1-3H3;5-8H,1-4H3;7H,4-5H2,1-3H3. The van der Waals surface area contributed by atoms with Crippen LogP contribution in [0.2, 0.25) is 0 Å². The van der Waals surface area contributed by atoms with Crippen LogP contribution in [0.15, 0.2) is 0 Å². The van der Waals surface area contributed by atoms with Gasteiger partial charge in [0.15, 0.2) is 0 Å². The lowest BCUT2D eigenvalue weighted by Gasteiger charge is -2.27. The molecule has 0 spiro atoms. The van der Waals surface area contributed by atoms with Crippen molar-refractivity contribution in [2.45, 2.75) is 302 Å². The van der Waals surface area contributed by atoms with E-state index in [1.807, 2.05) is 34.6 Å². The Bertz CT molecular complexity index is 968. The predicted molar refractivity (Wildman–Crippen MR) is 296 cm³/mol. The summed E-state index contributed by atoms with van der Waals surface area (Å²) in [6.07, 6.45) is 11.1. The zero-order valence-corrected chi connectivity index (χ0v) is 51.1. The molecule has 0 bridgehead atoms. The van der Waals surface area contributed by atoms with Crippen LogP contribution in [0.4, 0.5) is 0 Å². The van der Waals surface area contributed by atoms with Crippen molar-refractivity contribution >= 4 is 0 Å². The van der Waals surface area contributed by atoms with E-state index < -0.39 is 5.60 Å². The summed E-state index contributed by atoms with van der Waals surface area (Å²) < 4.78 is 0. The van der Waals surface area contributed by atoms with E-state index in [1.54, 1.807) is 0 Å². The van der Waals surface area contributed by atoms with Crippen LogP contribution >= 0.6 is 0 Å². The molecule has 7 N–H and O–H groups in total. The molecule has 1 rings (SSSR count). The molecule has 1 fully saturated rings. The molecule has 410 valence electrons. The molecule has 0 aromatic rings. The van der Waals surface area contributed by atoms with Crippen molar-refractivity contribution in [2.75, 3.05) is 19.8 Å². The Labute approximate surface area is 418 Å². The van der Waals surface area contributed by atoms with Gasteiger partial charge in [0.25, 0.3) is 0 Å². The average Bonchev–Trinajstić information content (AvgIpc) is 3.78. The molecule has 0 aromatic heterocycles. The highest BCUT2D eigenvalue weighted by Crippen LogP contribution is 2.49. The molecular weight excluding hydrogens is 821 g/mol. The van der Waals surface area contributed by atoms with Crippen LogP contribution in [0, 0.1) is 61.6 Å². The second-order valence-corrected chi connectivity index (χ2v) is 29.2. The summed E-state index contributed by atoms with van der Waals surface area (Å²) in [7, 11) is 0. The summed E-state index contributed by atoms with van der Waals surface area (Å²) in [5.41, 5.74) is 1.85. The van der Waals surface area contributed by atoms with Gasteiger partial charge in [0.1, 0.15) is 0 Å². The molecular formula is C59H132O7. The normalized spacial score (nSPS) is 15.6. The van der Waals surface area contributed by atoms with Crippen LogP contribution in [0.25, 0.3) is 0 Å². The molecule has 0 heterocycles. The predicted octanol–water partition coefficient (Wildman–Crippen LogP) is 16.0. The summed E-state index contributed by atoms with van der Waals surface area (Å²) in [4.78, 5) is 0. The SMILES string of the molecule is CC(C)(C)CC(C)(C)O.CC(C)(C)CCCO.CC(C)(C)CCO.CC(C)C(C)C(C)O.CC(C)CC(C)(C)C.CC(C)CC1(CO)CC1.CC(O)CC(C)(C)C.CCC(O)CC(C)(C)C. The lowest BCUT2D eigenvalue weighted by molar-refractivity contribution is 0.0370. The fraction of sp³-hybridized carbons (Fsp3) is 1.00. The van der Waals surface area contributed by atoms with Crippen LogP contribution in [0.1, 0.15) is 278 Å². The molecule has 0 aromatic carbocycles. The highest BCUT2D eigenvalue weighted by atomic mass is 16.3. The first-order valence-electron chi connectivity index (χ1n) is 26.4. The van der Waals surface area contributed by atoms with Gasteiger partial charge in [-0.25, -0.2) is 0 Å². The fourth-order valence-corrected chi connectivity index (χ4v) is 7.23. The summed E-state index contributed by atoms with van der Waals surface area (Å²) in [6.45, 7) is 64.6. The van der Waals surface area contributed by atoms with Gasteiger partial charge in [-0.2, -0.15) is 0 Å². The molecule has 7 nitrogen and oxygen atoms in total. The van der Waals surface area contributed by atoms with Crippen LogP contribution < -0.4 is 0 Å².